The van der Waals surface area contributed by atoms with Gasteiger partial charge in [0.15, 0.2) is 0 Å². The number of fused-ring (bicyclic) bond motifs is 1. The molecule has 96 valence electrons. The second-order valence-electron chi connectivity index (χ2n) is 4.05. The van der Waals surface area contributed by atoms with Gasteiger partial charge in [0.25, 0.3) is 0 Å². The molecule has 2 rings (SSSR count). The normalized spacial score (nSPS) is 10.6. The third-order valence-corrected chi connectivity index (χ3v) is 3.89. The zero-order chi connectivity index (χ0) is 13.1. The van der Waals surface area contributed by atoms with Crippen LogP contribution in [0.2, 0.25) is 0 Å². The number of benzene rings is 1. The fraction of sp³-hybridized carbons (Fsp3) is 0.308. The Morgan fingerprint density at radius 3 is 2.94 bits per heavy atom. The third-order valence-electron chi connectivity index (χ3n) is 2.82. The summed E-state index contributed by atoms with van der Waals surface area (Å²) in [5, 5.41) is 3.99. The zero-order valence-electron chi connectivity index (χ0n) is 10.3. The number of hydrogen-bond acceptors (Lipinski definition) is 2. The monoisotopic (exact) mass is 358 g/mol. The van der Waals surface area contributed by atoms with E-state index in [9.17, 15) is 4.79 Å². The molecular formula is C13H15IN2O2. The molecule has 1 heterocycles. The SMILES string of the molecule is COc1ccc2[nH]cc(CCNC(C)=O)c2c1I. The highest BCUT2D eigenvalue weighted by Gasteiger charge is 2.11. The van der Waals surface area contributed by atoms with Crippen molar-refractivity contribution >= 4 is 39.4 Å². The van der Waals surface area contributed by atoms with Crippen molar-refractivity contribution in [3.8, 4) is 5.75 Å². The van der Waals surface area contributed by atoms with Crippen LogP contribution in [0.3, 0.4) is 0 Å². The van der Waals surface area contributed by atoms with E-state index in [0.29, 0.717) is 6.54 Å². The molecule has 0 aliphatic carbocycles. The summed E-state index contributed by atoms with van der Waals surface area (Å²) in [4.78, 5) is 14.1. The largest absolute Gasteiger partial charge is 0.496 e. The van der Waals surface area contributed by atoms with E-state index in [1.807, 2.05) is 18.3 Å². The molecule has 0 fully saturated rings. The van der Waals surface area contributed by atoms with E-state index in [0.717, 1.165) is 21.3 Å². The number of rotatable bonds is 4. The van der Waals surface area contributed by atoms with Crippen LogP contribution in [0.5, 0.6) is 5.75 Å². The predicted molar refractivity (Wildman–Crippen MR) is 80.0 cm³/mol. The molecule has 0 unspecified atom stereocenters. The van der Waals surface area contributed by atoms with Gasteiger partial charge in [0.2, 0.25) is 5.91 Å². The number of ether oxygens (including phenoxy) is 1. The van der Waals surface area contributed by atoms with Crippen molar-refractivity contribution in [2.24, 2.45) is 0 Å². The average Bonchev–Trinajstić information content (AvgIpc) is 2.73. The smallest absolute Gasteiger partial charge is 0.216 e. The van der Waals surface area contributed by atoms with Crippen LogP contribution in [-0.4, -0.2) is 24.5 Å². The van der Waals surface area contributed by atoms with Gasteiger partial charge in [-0.1, -0.05) is 0 Å². The van der Waals surface area contributed by atoms with Crippen LogP contribution in [0.4, 0.5) is 0 Å². The molecule has 2 N–H and O–H groups in total. The summed E-state index contributed by atoms with van der Waals surface area (Å²) in [6.45, 7) is 2.18. The molecule has 1 amide bonds. The second-order valence-corrected chi connectivity index (χ2v) is 5.13. The molecule has 0 atom stereocenters. The Bertz CT molecular complexity index is 578. The van der Waals surface area contributed by atoms with Gasteiger partial charge < -0.3 is 15.0 Å². The summed E-state index contributed by atoms with van der Waals surface area (Å²) >= 11 is 2.29. The van der Waals surface area contributed by atoms with Crippen molar-refractivity contribution in [1.82, 2.24) is 10.3 Å². The van der Waals surface area contributed by atoms with E-state index in [4.69, 9.17) is 4.74 Å². The lowest BCUT2D eigenvalue weighted by Gasteiger charge is -2.06. The van der Waals surface area contributed by atoms with E-state index in [1.54, 1.807) is 7.11 Å². The molecule has 0 saturated carbocycles. The van der Waals surface area contributed by atoms with Gasteiger partial charge in [-0.15, -0.1) is 0 Å². The van der Waals surface area contributed by atoms with E-state index in [-0.39, 0.29) is 5.91 Å². The molecule has 0 bridgehead atoms. The van der Waals surface area contributed by atoms with Crippen molar-refractivity contribution in [2.75, 3.05) is 13.7 Å². The Morgan fingerprint density at radius 2 is 2.28 bits per heavy atom. The van der Waals surface area contributed by atoms with Crippen molar-refractivity contribution in [1.29, 1.82) is 0 Å². The van der Waals surface area contributed by atoms with Gasteiger partial charge in [-0.2, -0.15) is 0 Å². The summed E-state index contributed by atoms with van der Waals surface area (Å²) in [7, 11) is 1.67. The molecule has 1 aromatic heterocycles. The molecule has 2 aromatic rings. The number of nitrogens with one attached hydrogen (secondary N) is 2. The number of hydrogen-bond donors (Lipinski definition) is 2. The summed E-state index contributed by atoms with van der Waals surface area (Å²) in [6.07, 6.45) is 2.80. The minimum atomic E-state index is 0.00196. The van der Waals surface area contributed by atoms with E-state index < -0.39 is 0 Å². The van der Waals surface area contributed by atoms with Crippen LogP contribution in [0.15, 0.2) is 18.3 Å². The molecule has 0 radical (unpaired) electrons. The standard InChI is InChI=1S/C13H15IN2O2/c1-8(17)15-6-5-9-7-16-10-3-4-11(18-2)13(14)12(9)10/h3-4,7,16H,5-6H2,1-2H3,(H,15,17). The minimum Gasteiger partial charge on any atom is -0.496 e. The first-order valence-electron chi connectivity index (χ1n) is 5.70. The maximum Gasteiger partial charge on any atom is 0.216 e. The molecular weight excluding hydrogens is 343 g/mol. The van der Waals surface area contributed by atoms with Gasteiger partial charge in [0.1, 0.15) is 5.75 Å². The Hall–Kier alpha value is -1.24. The number of carbonyl (C=O) groups is 1. The number of aromatic amines is 1. The lowest BCUT2D eigenvalue weighted by molar-refractivity contribution is -0.118. The van der Waals surface area contributed by atoms with E-state index in [1.165, 1.54) is 17.9 Å². The van der Waals surface area contributed by atoms with Crippen LogP contribution in [0.25, 0.3) is 10.9 Å². The number of H-pyrrole nitrogens is 1. The van der Waals surface area contributed by atoms with Gasteiger partial charge >= 0.3 is 0 Å². The fourth-order valence-electron chi connectivity index (χ4n) is 1.96. The Labute approximate surface area is 119 Å². The lowest BCUT2D eigenvalue weighted by atomic mass is 10.1. The molecule has 0 saturated heterocycles. The van der Waals surface area contributed by atoms with Gasteiger partial charge in [0, 0.05) is 30.6 Å². The van der Waals surface area contributed by atoms with Gasteiger partial charge in [0.05, 0.1) is 10.7 Å². The molecule has 18 heavy (non-hydrogen) atoms. The molecule has 5 heteroatoms. The topological polar surface area (TPSA) is 54.1 Å². The Kier molecular flexibility index (Phi) is 4.11. The fourth-order valence-corrected chi connectivity index (χ4v) is 2.99. The van der Waals surface area contributed by atoms with E-state index >= 15 is 0 Å². The Morgan fingerprint density at radius 1 is 1.50 bits per heavy atom. The lowest BCUT2D eigenvalue weighted by Crippen LogP contribution is -2.22. The van der Waals surface area contributed by atoms with Crippen LogP contribution in [0, 0.1) is 3.57 Å². The summed E-state index contributed by atoms with van der Waals surface area (Å²) in [6, 6.07) is 3.97. The molecule has 0 aliphatic heterocycles. The third kappa shape index (κ3) is 2.60. The van der Waals surface area contributed by atoms with Crippen LogP contribution in [-0.2, 0) is 11.2 Å². The zero-order valence-corrected chi connectivity index (χ0v) is 12.5. The average molecular weight is 358 g/mol. The van der Waals surface area contributed by atoms with Crippen molar-refractivity contribution in [2.45, 2.75) is 13.3 Å². The summed E-state index contributed by atoms with van der Waals surface area (Å²) < 4.78 is 6.43. The number of halogens is 1. The van der Waals surface area contributed by atoms with Crippen LogP contribution < -0.4 is 10.1 Å². The van der Waals surface area contributed by atoms with Crippen molar-refractivity contribution in [3.05, 3.63) is 27.5 Å². The van der Waals surface area contributed by atoms with E-state index in [2.05, 4.69) is 32.9 Å². The highest BCUT2D eigenvalue weighted by Crippen LogP contribution is 2.31. The number of carbonyl (C=O) groups excluding carboxylic acids is 1. The highest BCUT2D eigenvalue weighted by atomic mass is 127. The van der Waals surface area contributed by atoms with Crippen LogP contribution >= 0.6 is 22.6 Å². The first kappa shape index (κ1) is 13.2. The van der Waals surface area contributed by atoms with Gasteiger partial charge in [-0.25, -0.2) is 0 Å². The first-order chi connectivity index (χ1) is 8.63. The van der Waals surface area contributed by atoms with Gasteiger partial charge in [-0.3, -0.25) is 4.79 Å². The molecule has 1 aromatic carbocycles. The number of amides is 1. The maximum absolute atomic E-state index is 10.9. The molecule has 0 spiro atoms. The summed E-state index contributed by atoms with van der Waals surface area (Å²) in [5.41, 5.74) is 2.29. The molecule has 0 aliphatic rings. The predicted octanol–water partition coefficient (Wildman–Crippen LogP) is 2.46. The highest BCUT2D eigenvalue weighted by molar-refractivity contribution is 14.1. The van der Waals surface area contributed by atoms with Gasteiger partial charge in [-0.05, 0) is 46.7 Å². The summed E-state index contributed by atoms with van der Waals surface area (Å²) in [5.74, 6) is 0.880. The Balaban J connectivity index is 2.30. The maximum atomic E-state index is 10.9. The number of aromatic nitrogens is 1. The van der Waals surface area contributed by atoms with Crippen LogP contribution in [0.1, 0.15) is 12.5 Å². The number of methoxy groups -OCH3 is 1. The molecule has 4 nitrogen and oxygen atoms in total. The first-order valence-corrected chi connectivity index (χ1v) is 6.78. The minimum absolute atomic E-state index is 0.00196. The quantitative estimate of drug-likeness (QED) is 0.825. The second kappa shape index (κ2) is 5.60. The van der Waals surface area contributed by atoms with Crippen molar-refractivity contribution in [3.63, 3.8) is 0 Å². The van der Waals surface area contributed by atoms with Crippen molar-refractivity contribution < 1.29 is 9.53 Å².